The molecule has 3 N–H and O–H groups in total. The van der Waals surface area contributed by atoms with Gasteiger partial charge in [0.05, 0.1) is 12.7 Å². The van der Waals surface area contributed by atoms with E-state index in [1.54, 1.807) is 6.08 Å². The molecule has 0 aromatic heterocycles. The van der Waals surface area contributed by atoms with Crippen molar-refractivity contribution in [1.82, 2.24) is 0 Å². The Labute approximate surface area is 279 Å². The number of allylic oxidation sites excluding steroid dienone is 5. The molecule has 0 aliphatic rings. The number of rotatable bonds is 31. The molecule has 0 aliphatic heterocycles. The highest BCUT2D eigenvalue weighted by molar-refractivity contribution is 7.46. The van der Waals surface area contributed by atoms with Crippen LogP contribution in [0, 0.1) is 5.92 Å². The van der Waals surface area contributed by atoms with Crippen molar-refractivity contribution in [3.8, 4) is 0 Å². The van der Waals surface area contributed by atoms with Gasteiger partial charge in [-0.15, -0.1) is 0 Å². The third kappa shape index (κ3) is 33.6. The minimum absolute atomic E-state index is 0.191. The van der Waals surface area contributed by atoms with Crippen LogP contribution in [0.5, 0.6) is 0 Å². The number of unbranched alkanes of at least 4 members (excludes halogenated alkanes) is 12. The fraction of sp³-hybridized carbons (Fsp3) is 0.778. The summed E-state index contributed by atoms with van der Waals surface area (Å²) in [5, 5.41) is 10.0. The topological polar surface area (TPSA) is 140 Å². The molecule has 0 aromatic carbocycles. The average molecular weight is 673 g/mol. The van der Waals surface area contributed by atoms with Gasteiger partial charge in [-0.3, -0.25) is 14.1 Å². The summed E-state index contributed by atoms with van der Waals surface area (Å²) in [7, 11) is -4.77. The second-order valence-corrected chi connectivity index (χ2v) is 13.7. The highest BCUT2D eigenvalue weighted by Gasteiger charge is 2.22. The third-order valence-electron chi connectivity index (χ3n) is 7.46. The molecule has 0 heterocycles. The van der Waals surface area contributed by atoms with Gasteiger partial charge in [0.15, 0.2) is 6.10 Å². The maximum atomic E-state index is 12.3. The van der Waals surface area contributed by atoms with Gasteiger partial charge >= 0.3 is 19.8 Å². The van der Waals surface area contributed by atoms with Crippen molar-refractivity contribution in [3.63, 3.8) is 0 Å². The van der Waals surface area contributed by atoms with Gasteiger partial charge in [0, 0.05) is 12.8 Å². The van der Waals surface area contributed by atoms with Crippen LogP contribution in [-0.4, -0.2) is 52.3 Å². The number of ether oxygens (including phenoxy) is 2. The molecule has 46 heavy (non-hydrogen) atoms. The lowest BCUT2D eigenvalue weighted by atomic mass is 10.0. The van der Waals surface area contributed by atoms with Gasteiger partial charge in [0.2, 0.25) is 0 Å². The van der Waals surface area contributed by atoms with Crippen LogP contribution in [0.1, 0.15) is 149 Å². The lowest BCUT2D eigenvalue weighted by Gasteiger charge is -2.18. The third-order valence-corrected chi connectivity index (χ3v) is 7.94. The molecule has 0 amide bonds. The van der Waals surface area contributed by atoms with Crippen LogP contribution in [0.25, 0.3) is 0 Å². The molecule has 0 saturated heterocycles. The number of phosphoric ester groups is 1. The Morgan fingerprint density at radius 2 is 1.24 bits per heavy atom. The molecular formula is C36H65O9P. The summed E-state index contributed by atoms with van der Waals surface area (Å²) in [5.74, 6) is -0.188. The second kappa shape index (κ2) is 30.6. The molecular weight excluding hydrogens is 607 g/mol. The zero-order valence-corrected chi connectivity index (χ0v) is 29.9. The van der Waals surface area contributed by atoms with E-state index in [2.05, 4.69) is 37.4 Å². The Morgan fingerprint density at radius 1 is 0.696 bits per heavy atom. The van der Waals surface area contributed by atoms with Gasteiger partial charge in [-0.05, 0) is 38.0 Å². The Balaban J connectivity index is 4.09. The zero-order valence-electron chi connectivity index (χ0n) is 29.0. The first-order chi connectivity index (χ1) is 22.0. The van der Waals surface area contributed by atoms with Gasteiger partial charge in [0.25, 0.3) is 0 Å². The van der Waals surface area contributed by atoms with Crippen molar-refractivity contribution >= 4 is 19.8 Å². The van der Waals surface area contributed by atoms with Crippen molar-refractivity contribution in [1.29, 1.82) is 0 Å². The largest absolute Gasteiger partial charge is 0.469 e. The van der Waals surface area contributed by atoms with Crippen LogP contribution in [0.3, 0.4) is 0 Å². The predicted molar refractivity (Wildman–Crippen MR) is 185 cm³/mol. The van der Waals surface area contributed by atoms with Gasteiger partial charge in [-0.1, -0.05) is 141 Å². The van der Waals surface area contributed by atoms with Crippen molar-refractivity contribution in [3.05, 3.63) is 36.5 Å². The Morgan fingerprint density at radius 3 is 1.80 bits per heavy atom. The monoisotopic (exact) mass is 672 g/mol. The Kier molecular flexibility index (Phi) is 29.4. The van der Waals surface area contributed by atoms with E-state index in [4.69, 9.17) is 19.3 Å². The highest BCUT2D eigenvalue weighted by atomic mass is 31.2. The Bertz CT molecular complexity index is 879. The standard InChI is InChI=1S/C36H65O9P/c1-4-5-6-7-11-16-21-26-33(37)27-22-17-14-19-23-28-35(38)43-30-34(31-44-46(40,41)42)45-36(39)29-24-18-13-10-8-9-12-15-20-25-32(2)3/h5-6,11,16,21,26,32-34,37H,4,7-10,12-15,17-20,22-25,27-31H2,1-3H3,(H2,40,41,42)/b6-5+,16-11+,26-21+/t33?,34-/m1/s1. The number of carbonyl (C=O) groups is 2. The molecule has 0 bridgehead atoms. The van der Waals surface area contributed by atoms with Gasteiger partial charge in [-0.2, -0.15) is 0 Å². The summed E-state index contributed by atoms with van der Waals surface area (Å²) in [6, 6.07) is 0. The van der Waals surface area contributed by atoms with Crippen LogP contribution in [0.15, 0.2) is 36.5 Å². The first-order valence-corrected chi connectivity index (χ1v) is 19.3. The maximum absolute atomic E-state index is 12.3. The molecule has 2 atom stereocenters. The molecule has 268 valence electrons. The van der Waals surface area contributed by atoms with E-state index in [-0.39, 0.29) is 19.4 Å². The number of hydrogen-bond acceptors (Lipinski definition) is 7. The molecule has 9 nitrogen and oxygen atoms in total. The van der Waals surface area contributed by atoms with Crippen molar-refractivity contribution < 1.29 is 43.0 Å². The minimum atomic E-state index is -4.77. The molecule has 10 heteroatoms. The SMILES string of the molecule is CC/C=C/C/C=C/C=C/C(O)CCCCCCCC(=O)OC[C@H](COP(=O)(O)O)OC(=O)CCCCCCCCCCCC(C)C. The van der Waals surface area contributed by atoms with Crippen LogP contribution in [0.2, 0.25) is 0 Å². The summed E-state index contributed by atoms with van der Waals surface area (Å²) in [4.78, 5) is 42.6. The van der Waals surface area contributed by atoms with E-state index in [0.29, 0.717) is 19.3 Å². The number of hydrogen-bond donors (Lipinski definition) is 3. The summed E-state index contributed by atoms with van der Waals surface area (Å²) in [6.45, 7) is 5.73. The molecule has 0 aromatic rings. The number of aliphatic hydroxyl groups is 1. The number of esters is 2. The first kappa shape index (κ1) is 44.2. The van der Waals surface area contributed by atoms with E-state index in [1.165, 1.54) is 38.5 Å². The number of aliphatic hydroxyl groups excluding tert-OH is 1. The van der Waals surface area contributed by atoms with E-state index in [9.17, 15) is 19.3 Å². The van der Waals surface area contributed by atoms with Gasteiger partial charge in [-0.25, -0.2) is 4.57 Å². The van der Waals surface area contributed by atoms with Gasteiger partial charge in [0.1, 0.15) is 6.61 Å². The second-order valence-electron chi connectivity index (χ2n) is 12.5. The molecule has 0 radical (unpaired) electrons. The Hall–Kier alpha value is -1.77. The smallest absolute Gasteiger partial charge is 0.462 e. The number of phosphoric acid groups is 1. The van der Waals surface area contributed by atoms with Crippen LogP contribution >= 0.6 is 7.82 Å². The van der Waals surface area contributed by atoms with E-state index < -0.39 is 38.6 Å². The fourth-order valence-corrected chi connectivity index (χ4v) is 5.16. The zero-order chi connectivity index (χ0) is 34.3. The molecule has 0 spiro atoms. The van der Waals surface area contributed by atoms with Crippen molar-refractivity contribution in [2.45, 2.75) is 161 Å². The van der Waals surface area contributed by atoms with Crippen LogP contribution in [0.4, 0.5) is 0 Å². The van der Waals surface area contributed by atoms with E-state index >= 15 is 0 Å². The molecule has 0 rings (SSSR count). The highest BCUT2D eigenvalue weighted by Crippen LogP contribution is 2.36. The minimum Gasteiger partial charge on any atom is -0.462 e. The van der Waals surface area contributed by atoms with E-state index in [1.807, 2.05) is 18.2 Å². The summed E-state index contributed by atoms with van der Waals surface area (Å²) in [5.41, 5.74) is 0. The molecule has 0 aliphatic carbocycles. The molecule has 0 fully saturated rings. The lowest BCUT2D eigenvalue weighted by Crippen LogP contribution is -2.29. The lowest BCUT2D eigenvalue weighted by molar-refractivity contribution is -0.161. The maximum Gasteiger partial charge on any atom is 0.469 e. The van der Waals surface area contributed by atoms with Gasteiger partial charge < -0.3 is 24.4 Å². The fourth-order valence-electron chi connectivity index (χ4n) is 4.80. The van der Waals surface area contributed by atoms with Crippen LogP contribution < -0.4 is 0 Å². The quantitative estimate of drug-likeness (QED) is 0.0216. The molecule has 1 unspecified atom stereocenters. The number of carbonyl (C=O) groups excluding carboxylic acids is 2. The van der Waals surface area contributed by atoms with E-state index in [0.717, 1.165) is 63.7 Å². The van der Waals surface area contributed by atoms with Crippen LogP contribution in [-0.2, 0) is 28.2 Å². The summed E-state index contributed by atoms with van der Waals surface area (Å²) >= 11 is 0. The average Bonchev–Trinajstić information content (AvgIpc) is 2.99. The summed E-state index contributed by atoms with van der Waals surface area (Å²) in [6.07, 6.45) is 29.0. The first-order valence-electron chi connectivity index (χ1n) is 17.7. The predicted octanol–water partition coefficient (Wildman–Crippen LogP) is 9.06. The normalized spacial score (nSPS) is 13.7. The van der Waals surface area contributed by atoms with Crippen molar-refractivity contribution in [2.75, 3.05) is 13.2 Å². The summed E-state index contributed by atoms with van der Waals surface area (Å²) < 4.78 is 26.2. The molecule has 0 saturated carbocycles. The van der Waals surface area contributed by atoms with Crippen molar-refractivity contribution in [2.24, 2.45) is 5.92 Å².